The van der Waals surface area contributed by atoms with E-state index in [1.165, 1.54) is 37.7 Å². The first-order chi connectivity index (χ1) is 15.1. The van der Waals surface area contributed by atoms with Crippen LogP contribution in [-0.2, 0) is 0 Å². The number of nitrogens with one attached hydrogen (secondary N) is 1. The van der Waals surface area contributed by atoms with E-state index in [-0.39, 0.29) is 12.1 Å². The third kappa shape index (κ3) is 4.03. The van der Waals surface area contributed by atoms with Crippen LogP contribution < -0.4 is 5.32 Å². The summed E-state index contributed by atoms with van der Waals surface area (Å²) in [6.07, 6.45) is 8.01. The summed E-state index contributed by atoms with van der Waals surface area (Å²) in [4.78, 5) is 7.03. The zero-order valence-electron chi connectivity index (χ0n) is 17.6. The van der Waals surface area contributed by atoms with Crippen LogP contribution in [0.2, 0.25) is 0 Å². The number of rotatable bonds is 4. The van der Waals surface area contributed by atoms with Crippen molar-refractivity contribution in [3.63, 3.8) is 0 Å². The smallest absolute Gasteiger partial charge is 0.170 e. The van der Waals surface area contributed by atoms with Gasteiger partial charge >= 0.3 is 0 Å². The lowest BCUT2D eigenvalue weighted by atomic mass is 9.92. The highest BCUT2D eigenvalue weighted by Gasteiger charge is 2.44. The van der Waals surface area contributed by atoms with Gasteiger partial charge in [0.25, 0.3) is 0 Å². The lowest BCUT2D eigenvalue weighted by Crippen LogP contribution is -2.40. The van der Waals surface area contributed by atoms with Gasteiger partial charge < -0.3 is 14.6 Å². The third-order valence-corrected chi connectivity index (χ3v) is 7.40. The number of benzene rings is 1. The van der Waals surface area contributed by atoms with Gasteiger partial charge in [0.15, 0.2) is 5.11 Å². The highest BCUT2D eigenvalue weighted by molar-refractivity contribution is 9.10. The quantitative estimate of drug-likeness (QED) is 0.406. The van der Waals surface area contributed by atoms with Gasteiger partial charge in [0.05, 0.1) is 11.7 Å². The minimum absolute atomic E-state index is 0.0107. The minimum atomic E-state index is -0.0314. The number of aryl methyl sites for hydroxylation is 1. The largest absolute Gasteiger partial charge is 0.459 e. The molecule has 0 unspecified atom stereocenters. The van der Waals surface area contributed by atoms with E-state index in [0.29, 0.717) is 6.04 Å². The second kappa shape index (κ2) is 8.75. The second-order valence-electron chi connectivity index (χ2n) is 8.51. The van der Waals surface area contributed by atoms with E-state index in [0.717, 1.165) is 32.4 Å². The van der Waals surface area contributed by atoms with Crippen molar-refractivity contribution in [3.8, 4) is 11.3 Å². The summed E-state index contributed by atoms with van der Waals surface area (Å²) >= 11 is 9.54. The summed E-state index contributed by atoms with van der Waals surface area (Å²) in [6, 6.07) is 17.0. The topological polar surface area (TPSA) is 41.3 Å². The number of aromatic nitrogens is 1. The molecule has 1 saturated carbocycles. The molecule has 0 bridgehead atoms. The Bertz CT molecular complexity index is 1080. The van der Waals surface area contributed by atoms with Crippen LogP contribution in [0.15, 0.2) is 63.6 Å². The zero-order chi connectivity index (χ0) is 21.4. The number of halogens is 1. The van der Waals surface area contributed by atoms with Crippen molar-refractivity contribution in [2.75, 3.05) is 0 Å². The molecule has 1 aromatic carbocycles. The molecule has 0 amide bonds. The fourth-order valence-electron chi connectivity index (χ4n) is 4.90. The normalized spacial score (nSPS) is 22.0. The number of pyridine rings is 1. The van der Waals surface area contributed by atoms with Crippen molar-refractivity contribution in [2.24, 2.45) is 0 Å². The van der Waals surface area contributed by atoms with E-state index in [1.807, 2.05) is 18.3 Å². The molecule has 1 N–H and O–H groups in total. The summed E-state index contributed by atoms with van der Waals surface area (Å²) in [6.45, 7) is 2.09. The Kier molecular flexibility index (Phi) is 5.85. The van der Waals surface area contributed by atoms with Gasteiger partial charge in [-0.25, -0.2) is 0 Å². The van der Waals surface area contributed by atoms with Crippen molar-refractivity contribution < 1.29 is 4.42 Å². The second-order valence-corrected chi connectivity index (χ2v) is 9.75. The molecule has 0 radical (unpaired) electrons. The molecule has 1 aliphatic carbocycles. The van der Waals surface area contributed by atoms with Crippen molar-refractivity contribution >= 4 is 33.3 Å². The Morgan fingerprint density at radius 1 is 1.10 bits per heavy atom. The molecule has 5 rings (SSSR count). The molecule has 1 aliphatic heterocycles. The SMILES string of the molecule is Cc1ccc(-c2ccc([C@@H]3[C@H](c4ccccn4)NC(=S)N3C3CCCCC3)o2)c(Br)c1. The minimum Gasteiger partial charge on any atom is -0.459 e. The predicted molar refractivity (Wildman–Crippen MR) is 131 cm³/mol. The molecule has 2 atom stereocenters. The van der Waals surface area contributed by atoms with Crippen LogP contribution >= 0.6 is 28.1 Å². The lowest BCUT2D eigenvalue weighted by Gasteiger charge is -2.36. The highest BCUT2D eigenvalue weighted by Crippen LogP contribution is 2.44. The fourth-order valence-corrected chi connectivity index (χ4v) is 5.98. The molecule has 160 valence electrons. The lowest BCUT2D eigenvalue weighted by molar-refractivity contribution is 0.179. The Morgan fingerprint density at radius 2 is 1.94 bits per heavy atom. The highest BCUT2D eigenvalue weighted by atomic mass is 79.9. The first-order valence-electron chi connectivity index (χ1n) is 11.0. The average Bonchev–Trinajstić information content (AvgIpc) is 3.39. The fraction of sp³-hybridized carbons (Fsp3) is 0.360. The monoisotopic (exact) mass is 495 g/mol. The molecule has 1 saturated heterocycles. The maximum absolute atomic E-state index is 6.50. The van der Waals surface area contributed by atoms with Gasteiger partial charge in [-0.3, -0.25) is 4.98 Å². The molecule has 0 spiro atoms. The molecule has 2 fully saturated rings. The van der Waals surface area contributed by atoms with Gasteiger partial charge in [-0.15, -0.1) is 0 Å². The van der Waals surface area contributed by atoms with Crippen LogP contribution in [0.25, 0.3) is 11.3 Å². The van der Waals surface area contributed by atoms with E-state index in [1.54, 1.807) is 0 Å². The average molecular weight is 496 g/mol. The van der Waals surface area contributed by atoms with Crippen LogP contribution in [0.1, 0.15) is 61.2 Å². The summed E-state index contributed by atoms with van der Waals surface area (Å²) in [5.41, 5.74) is 3.26. The predicted octanol–water partition coefficient (Wildman–Crippen LogP) is 6.72. The van der Waals surface area contributed by atoms with Crippen LogP contribution in [0.5, 0.6) is 0 Å². The van der Waals surface area contributed by atoms with Gasteiger partial charge in [-0.1, -0.05) is 47.3 Å². The molecule has 6 heteroatoms. The molecule has 4 nitrogen and oxygen atoms in total. The number of nitrogens with zero attached hydrogens (tertiary/aromatic N) is 2. The Labute approximate surface area is 197 Å². The maximum Gasteiger partial charge on any atom is 0.170 e. The van der Waals surface area contributed by atoms with E-state index < -0.39 is 0 Å². The molecule has 3 aromatic rings. The molecule has 31 heavy (non-hydrogen) atoms. The van der Waals surface area contributed by atoms with Crippen molar-refractivity contribution in [1.29, 1.82) is 0 Å². The summed E-state index contributed by atoms with van der Waals surface area (Å²) < 4.78 is 7.54. The molecule has 2 aromatic heterocycles. The van der Waals surface area contributed by atoms with Crippen molar-refractivity contribution in [1.82, 2.24) is 15.2 Å². The van der Waals surface area contributed by atoms with Gasteiger partial charge in [-0.2, -0.15) is 0 Å². The zero-order valence-corrected chi connectivity index (χ0v) is 20.0. The van der Waals surface area contributed by atoms with Crippen molar-refractivity contribution in [3.05, 3.63) is 76.2 Å². The van der Waals surface area contributed by atoms with E-state index in [4.69, 9.17) is 16.6 Å². The Morgan fingerprint density at radius 3 is 2.68 bits per heavy atom. The van der Waals surface area contributed by atoms with E-state index >= 15 is 0 Å². The maximum atomic E-state index is 6.50. The number of hydrogen-bond acceptors (Lipinski definition) is 3. The Hall–Kier alpha value is -2.18. The number of hydrogen-bond donors (Lipinski definition) is 1. The van der Waals surface area contributed by atoms with Gasteiger partial charge in [-0.05, 0) is 73.9 Å². The molecule has 3 heterocycles. The van der Waals surface area contributed by atoms with Gasteiger partial charge in [0.1, 0.15) is 17.6 Å². The Balaban J connectivity index is 1.55. The third-order valence-electron chi connectivity index (χ3n) is 6.41. The van der Waals surface area contributed by atoms with E-state index in [9.17, 15) is 0 Å². The summed E-state index contributed by atoms with van der Waals surface area (Å²) in [5, 5.41) is 4.37. The first-order valence-corrected chi connectivity index (χ1v) is 12.2. The number of furan rings is 1. The van der Waals surface area contributed by atoms with Gasteiger partial charge in [0.2, 0.25) is 0 Å². The first kappa shape index (κ1) is 20.7. The summed E-state index contributed by atoms with van der Waals surface area (Å²) in [5.74, 6) is 1.79. The van der Waals surface area contributed by atoms with Crippen LogP contribution in [0.4, 0.5) is 0 Å². The van der Waals surface area contributed by atoms with Crippen molar-refractivity contribution in [2.45, 2.75) is 57.2 Å². The van der Waals surface area contributed by atoms with Crippen LogP contribution in [0, 0.1) is 6.92 Å². The molecule has 2 aliphatic rings. The standard InChI is InChI=1S/C25H26BrN3OS/c1-16-10-11-18(19(26)15-16)21-12-13-22(30-21)24-23(20-9-5-6-14-27-20)28-25(31)29(24)17-7-3-2-4-8-17/h5-6,9-15,17,23-24H,2-4,7-8H2,1H3,(H,28,31)/t23-,24+/m0/s1. The van der Waals surface area contributed by atoms with E-state index in [2.05, 4.69) is 74.5 Å². The van der Waals surface area contributed by atoms with Crippen LogP contribution in [0.3, 0.4) is 0 Å². The van der Waals surface area contributed by atoms with Gasteiger partial charge in [0, 0.05) is 22.3 Å². The summed E-state index contributed by atoms with van der Waals surface area (Å²) in [7, 11) is 0. The number of thiocarbonyl (C=S) groups is 1. The molecular formula is C25H26BrN3OS. The molecular weight excluding hydrogens is 470 g/mol. The van der Waals surface area contributed by atoms with Crippen LogP contribution in [-0.4, -0.2) is 21.0 Å².